The summed E-state index contributed by atoms with van der Waals surface area (Å²) in [5.74, 6) is 0.840. The van der Waals surface area contributed by atoms with Crippen molar-refractivity contribution in [1.82, 2.24) is 0 Å². The zero-order valence-corrected chi connectivity index (χ0v) is 41.1. The van der Waals surface area contributed by atoms with Crippen LogP contribution in [-0.4, -0.2) is 37.2 Å². The van der Waals surface area contributed by atoms with Gasteiger partial charge in [-0.25, -0.2) is 0 Å². The fourth-order valence-corrected chi connectivity index (χ4v) is 8.13. The van der Waals surface area contributed by atoms with Gasteiger partial charge in [-0.1, -0.05) is 259 Å². The summed E-state index contributed by atoms with van der Waals surface area (Å²) in [6.45, 7) is 11.4. The van der Waals surface area contributed by atoms with Crippen molar-refractivity contribution < 1.29 is 28.6 Å². The van der Waals surface area contributed by atoms with Crippen LogP contribution in [0.3, 0.4) is 0 Å². The summed E-state index contributed by atoms with van der Waals surface area (Å²) in [5, 5.41) is 0. The van der Waals surface area contributed by atoms with Gasteiger partial charge in [-0.15, -0.1) is 0 Å². The number of carbonyl (C=O) groups is 3. The number of rotatable bonds is 48. The average molecular weight is 849 g/mol. The second kappa shape index (κ2) is 46.9. The molecule has 0 radical (unpaired) electrons. The Morgan fingerprint density at radius 3 is 0.950 bits per heavy atom. The highest BCUT2D eigenvalue weighted by Crippen LogP contribution is 2.18. The van der Waals surface area contributed by atoms with Crippen LogP contribution in [-0.2, 0) is 28.6 Å². The van der Waals surface area contributed by atoms with Crippen molar-refractivity contribution in [2.45, 2.75) is 304 Å². The van der Waals surface area contributed by atoms with Crippen LogP contribution in [0.5, 0.6) is 0 Å². The van der Waals surface area contributed by atoms with Gasteiger partial charge in [0.25, 0.3) is 0 Å². The summed E-state index contributed by atoms with van der Waals surface area (Å²) >= 11 is 0. The zero-order valence-electron chi connectivity index (χ0n) is 41.1. The Morgan fingerprint density at radius 2 is 0.633 bits per heavy atom. The van der Waals surface area contributed by atoms with Gasteiger partial charge in [-0.3, -0.25) is 14.4 Å². The minimum atomic E-state index is -0.762. The molecule has 0 fully saturated rings. The van der Waals surface area contributed by atoms with E-state index in [2.05, 4.69) is 34.6 Å². The van der Waals surface area contributed by atoms with E-state index in [4.69, 9.17) is 14.2 Å². The van der Waals surface area contributed by atoms with Gasteiger partial charge in [0.15, 0.2) is 6.10 Å². The van der Waals surface area contributed by atoms with Gasteiger partial charge in [0, 0.05) is 19.3 Å². The monoisotopic (exact) mass is 849 g/mol. The lowest BCUT2D eigenvalue weighted by Gasteiger charge is -2.18. The molecule has 0 rings (SSSR count). The molecular weight excluding hydrogens is 745 g/mol. The molecule has 356 valence electrons. The third kappa shape index (κ3) is 45.9. The van der Waals surface area contributed by atoms with Crippen molar-refractivity contribution >= 4 is 17.9 Å². The molecule has 1 unspecified atom stereocenters. The largest absolute Gasteiger partial charge is 0.462 e. The minimum Gasteiger partial charge on any atom is -0.462 e. The molecule has 2 atom stereocenters. The number of hydrogen-bond donors (Lipinski definition) is 0. The average Bonchev–Trinajstić information content (AvgIpc) is 3.23. The van der Waals surface area contributed by atoms with Gasteiger partial charge in [0.1, 0.15) is 13.2 Å². The molecule has 6 heteroatoms. The zero-order chi connectivity index (χ0) is 44.0. The molecule has 0 spiro atoms. The highest BCUT2D eigenvalue weighted by Gasteiger charge is 2.19. The topological polar surface area (TPSA) is 78.9 Å². The predicted octanol–water partition coefficient (Wildman–Crippen LogP) is 17.3. The second-order valence-electron chi connectivity index (χ2n) is 19.2. The maximum Gasteiger partial charge on any atom is 0.306 e. The first-order valence-electron chi connectivity index (χ1n) is 26.8. The van der Waals surface area contributed by atoms with Crippen LogP contribution in [0.1, 0.15) is 298 Å². The number of hydrogen-bond acceptors (Lipinski definition) is 6. The van der Waals surface area contributed by atoms with E-state index < -0.39 is 6.10 Å². The molecule has 0 saturated heterocycles. The lowest BCUT2D eigenvalue weighted by Crippen LogP contribution is -2.30. The quantitative estimate of drug-likeness (QED) is 0.0345. The van der Waals surface area contributed by atoms with E-state index in [0.29, 0.717) is 19.3 Å². The third-order valence-corrected chi connectivity index (χ3v) is 12.6. The highest BCUT2D eigenvalue weighted by molar-refractivity contribution is 5.71. The molecule has 0 aromatic carbocycles. The Morgan fingerprint density at radius 1 is 0.350 bits per heavy atom. The summed E-state index contributed by atoms with van der Waals surface area (Å²) in [7, 11) is 0. The van der Waals surface area contributed by atoms with Crippen LogP contribution in [0, 0.1) is 11.8 Å². The fraction of sp³-hybridized carbons (Fsp3) is 0.944. The first kappa shape index (κ1) is 58.4. The van der Waals surface area contributed by atoms with E-state index >= 15 is 0 Å². The summed E-state index contributed by atoms with van der Waals surface area (Å²) < 4.78 is 16.8. The van der Waals surface area contributed by atoms with Crippen molar-refractivity contribution in [2.24, 2.45) is 11.8 Å². The van der Waals surface area contributed by atoms with Crippen LogP contribution < -0.4 is 0 Å². The Kier molecular flexibility index (Phi) is 45.7. The minimum absolute atomic E-state index is 0.0636. The van der Waals surface area contributed by atoms with Gasteiger partial charge in [0.05, 0.1) is 0 Å². The number of ether oxygens (including phenoxy) is 3. The van der Waals surface area contributed by atoms with E-state index in [-0.39, 0.29) is 31.1 Å². The van der Waals surface area contributed by atoms with E-state index in [9.17, 15) is 14.4 Å². The Hall–Kier alpha value is -1.59. The highest BCUT2D eigenvalue weighted by atomic mass is 16.6. The maximum absolute atomic E-state index is 12.8. The molecule has 0 aromatic heterocycles. The van der Waals surface area contributed by atoms with Crippen molar-refractivity contribution in [2.75, 3.05) is 13.2 Å². The van der Waals surface area contributed by atoms with Crippen LogP contribution in [0.2, 0.25) is 0 Å². The molecule has 0 aromatic rings. The first-order valence-corrected chi connectivity index (χ1v) is 26.8. The SMILES string of the molecule is CCCCCCCCCCCCCCCCCC(=O)OC[C@@H](COC(=O)CCCCCCCCCCCCC(C)CC)OC(=O)CCCCCCCCCCCCC(C)C. The van der Waals surface area contributed by atoms with Crippen molar-refractivity contribution in [1.29, 1.82) is 0 Å². The summed E-state index contributed by atoms with van der Waals surface area (Å²) in [5.41, 5.74) is 0. The Bertz CT molecular complexity index is 918. The fourth-order valence-electron chi connectivity index (χ4n) is 8.13. The van der Waals surface area contributed by atoms with E-state index in [0.717, 1.165) is 69.6 Å². The molecule has 0 aliphatic rings. The van der Waals surface area contributed by atoms with Gasteiger partial charge in [0.2, 0.25) is 0 Å². The van der Waals surface area contributed by atoms with Crippen molar-refractivity contribution in [3.63, 3.8) is 0 Å². The Labute approximate surface area is 374 Å². The van der Waals surface area contributed by atoms with Gasteiger partial charge >= 0.3 is 17.9 Å². The molecule has 0 heterocycles. The third-order valence-electron chi connectivity index (χ3n) is 12.6. The van der Waals surface area contributed by atoms with Crippen molar-refractivity contribution in [3.05, 3.63) is 0 Å². The van der Waals surface area contributed by atoms with Crippen molar-refractivity contribution in [3.8, 4) is 0 Å². The summed E-state index contributed by atoms with van der Waals surface area (Å²) in [6, 6.07) is 0. The molecule has 6 nitrogen and oxygen atoms in total. The first-order chi connectivity index (χ1) is 29.3. The maximum atomic E-state index is 12.8. The number of unbranched alkanes of at least 4 members (excludes halogenated alkanes) is 32. The molecular formula is C54H104O6. The van der Waals surface area contributed by atoms with Gasteiger partial charge < -0.3 is 14.2 Å². The number of carbonyl (C=O) groups excluding carboxylic acids is 3. The molecule has 0 aliphatic carbocycles. The molecule has 60 heavy (non-hydrogen) atoms. The standard InChI is InChI=1S/C54H104O6/c1-6-8-9-10-11-12-13-14-15-16-17-24-29-34-39-44-52(55)58-47-51(60-54(57)46-41-36-31-26-20-18-22-27-32-37-42-49(3)4)48-59-53(56)45-40-35-30-25-21-19-23-28-33-38-43-50(5)7-2/h49-51H,6-48H2,1-5H3/t50?,51-/m0/s1. The van der Waals surface area contributed by atoms with Crippen LogP contribution in [0.4, 0.5) is 0 Å². The van der Waals surface area contributed by atoms with Crippen LogP contribution in [0.25, 0.3) is 0 Å². The van der Waals surface area contributed by atoms with E-state index in [1.165, 1.54) is 186 Å². The van der Waals surface area contributed by atoms with Crippen LogP contribution in [0.15, 0.2) is 0 Å². The molecule has 0 aliphatic heterocycles. The van der Waals surface area contributed by atoms with Crippen LogP contribution >= 0.6 is 0 Å². The predicted molar refractivity (Wildman–Crippen MR) is 256 cm³/mol. The number of esters is 3. The van der Waals surface area contributed by atoms with Gasteiger partial charge in [-0.05, 0) is 31.1 Å². The Balaban J connectivity index is 4.32. The molecule has 0 saturated carbocycles. The summed E-state index contributed by atoms with van der Waals surface area (Å²) in [6.07, 6.45) is 47.9. The second-order valence-corrected chi connectivity index (χ2v) is 19.2. The normalized spacial score (nSPS) is 12.5. The van der Waals surface area contributed by atoms with E-state index in [1.54, 1.807) is 0 Å². The van der Waals surface area contributed by atoms with E-state index in [1.807, 2.05) is 0 Å². The van der Waals surface area contributed by atoms with Gasteiger partial charge in [-0.2, -0.15) is 0 Å². The lowest BCUT2D eigenvalue weighted by molar-refractivity contribution is -0.167. The molecule has 0 bridgehead atoms. The molecule has 0 N–H and O–H groups in total. The lowest BCUT2D eigenvalue weighted by atomic mass is 9.99. The smallest absolute Gasteiger partial charge is 0.306 e. The summed E-state index contributed by atoms with van der Waals surface area (Å²) in [4.78, 5) is 38.0. The molecule has 0 amide bonds.